The topological polar surface area (TPSA) is 110 Å². The molecule has 0 saturated carbocycles. The quantitative estimate of drug-likeness (QED) is 0.786. The third-order valence-electron chi connectivity index (χ3n) is 3.90. The van der Waals surface area contributed by atoms with E-state index in [9.17, 15) is 4.79 Å². The number of nitrogen functional groups attached to an aromatic ring is 1. The zero-order chi connectivity index (χ0) is 16.2. The van der Waals surface area contributed by atoms with Crippen LogP contribution in [0.25, 0.3) is 0 Å². The largest absolute Gasteiger partial charge is 0.397 e. The Balaban J connectivity index is 1.83. The number of amides is 1. The fraction of sp³-hybridized carbons (Fsp3) is 0.312. The predicted molar refractivity (Wildman–Crippen MR) is 90.3 cm³/mol. The molecule has 3 rings (SSSR count). The first-order chi connectivity index (χ1) is 11.1. The SMILES string of the molecule is Nc1cccnc1C(=O)Nc1ccncc1N1CCCC(N)C1. The molecule has 0 bridgehead atoms. The molecule has 1 fully saturated rings. The van der Waals surface area contributed by atoms with E-state index in [2.05, 4.69) is 20.2 Å². The van der Waals surface area contributed by atoms with E-state index >= 15 is 0 Å². The normalized spacial score (nSPS) is 17.8. The zero-order valence-corrected chi connectivity index (χ0v) is 12.8. The molecule has 2 aromatic rings. The van der Waals surface area contributed by atoms with Crippen LogP contribution < -0.4 is 21.7 Å². The van der Waals surface area contributed by atoms with E-state index in [4.69, 9.17) is 11.5 Å². The molecule has 7 heteroatoms. The second-order valence-electron chi connectivity index (χ2n) is 5.64. The molecule has 1 unspecified atom stereocenters. The van der Waals surface area contributed by atoms with Crippen molar-refractivity contribution in [1.29, 1.82) is 0 Å². The van der Waals surface area contributed by atoms with Crippen molar-refractivity contribution in [3.63, 3.8) is 0 Å². The van der Waals surface area contributed by atoms with Crippen molar-refractivity contribution in [2.24, 2.45) is 5.73 Å². The van der Waals surface area contributed by atoms with Gasteiger partial charge in [0.1, 0.15) is 0 Å². The minimum absolute atomic E-state index is 0.138. The summed E-state index contributed by atoms with van der Waals surface area (Å²) in [6, 6.07) is 5.25. The first kappa shape index (κ1) is 15.2. The Labute approximate surface area is 134 Å². The maximum Gasteiger partial charge on any atom is 0.276 e. The van der Waals surface area contributed by atoms with E-state index in [1.165, 1.54) is 0 Å². The van der Waals surface area contributed by atoms with Crippen molar-refractivity contribution in [2.45, 2.75) is 18.9 Å². The summed E-state index contributed by atoms with van der Waals surface area (Å²) in [5.41, 5.74) is 14.0. The molecule has 0 radical (unpaired) electrons. The number of pyridine rings is 2. The lowest BCUT2D eigenvalue weighted by Gasteiger charge is -2.33. The smallest absolute Gasteiger partial charge is 0.276 e. The monoisotopic (exact) mass is 312 g/mol. The highest BCUT2D eigenvalue weighted by molar-refractivity contribution is 6.07. The van der Waals surface area contributed by atoms with Crippen LogP contribution in [0, 0.1) is 0 Å². The Kier molecular flexibility index (Phi) is 4.38. The summed E-state index contributed by atoms with van der Waals surface area (Å²) in [5.74, 6) is -0.336. The Bertz CT molecular complexity index is 704. The van der Waals surface area contributed by atoms with Crippen molar-refractivity contribution in [2.75, 3.05) is 29.0 Å². The Morgan fingerprint density at radius 3 is 3.00 bits per heavy atom. The molecule has 2 aromatic heterocycles. The van der Waals surface area contributed by atoms with Crippen LogP contribution in [-0.2, 0) is 0 Å². The number of piperidine rings is 1. The van der Waals surface area contributed by atoms with Crippen LogP contribution in [0.2, 0.25) is 0 Å². The molecule has 1 saturated heterocycles. The number of nitrogens with one attached hydrogen (secondary N) is 1. The number of rotatable bonds is 3. The minimum Gasteiger partial charge on any atom is -0.397 e. The summed E-state index contributed by atoms with van der Waals surface area (Å²) in [6.45, 7) is 1.65. The highest BCUT2D eigenvalue weighted by atomic mass is 16.1. The third kappa shape index (κ3) is 3.40. The fourth-order valence-electron chi connectivity index (χ4n) is 2.76. The summed E-state index contributed by atoms with van der Waals surface area (Å²) in [7, 11) is 0. The van der Waals surface area contributed by atoms with Crippen LogP contribution in [0.4, 0.5) is 17.1 Å². The van der Waals surface area contributed by atoms with Gasteiger partial charge in [0.05, 0.1) is 23.3 Å². The van der Waals surface area contributed by atoms with Crippen molar-refractivity contribution in [3.05, 3.63) is 42.5 Å². The molecule has 0 aliphatic carbocycles. The Morgan fingerprint density at radius 2 is 2.22 bits per heavy atom. The van der Waals surface area contributed by atoms with Gasteiger partial charge in [-0.1, -0.05) is 0 Å². The molecule has 7 nitrogen and oxygen atoms in total. The fourth-order valence-corrected chi connectivity index (χ4v) is 2.76. The molecule has 0 spiro atoms. The average molecular weight is 312 g/mol. The van der Waals surface area contributed by atoms with E-state index in [1.807, 2.05) is 0 Å². The molecule has 1 aliphatic rings. The van der Waals surface area contributed by atoms with Gasteiger partial charge >= 0.3 is 0 Å². The number of anilines is 3. The van der Waals surface area contributed by atoms with Crippen molar-refractivity contribution in [1.82, 2.24) is 9.97 Å². The molecule has 1 amide bonds. The highest BCUT2D eigenvalue weighted by Crippen LogP contribution is 2.27. The maximum atomic E-state index is 12.4. The van der Waals surface area contributed by atoms with E-state index in [0.29, 0.717) is 11.4 Å². The lowest BCUT2D eigenvalue weighted by molar-refractivity contribution is 0.102. The van der Waals surface area contributed by atoms with E-state index in [0.717, 1.165) is 31.6 Å². The summed E-state index contributed by atoms with van der Waals surface area (Å²) in [4.78, 5) is 22.8. The number of aromatic nitrogens is 2. The molecular formula is C16H20N6O. The summed E-state index contributed by atoms with van der Waals surface area (Å²) < 4.78 is 0. The van der Waals surface area contributed by atoms with Crippen LogP contribution in [0.15, 0.2) is 36.8 Å². The second-order valence-corrected chi connectivity index (χ2v) is 5.64. The maximum absolute atomic E-state index is 12.4. The molecule has 120 valence electrons. The van der Waals surface area contributed by atoms with E-state index in [1.54, 1.807) is 36.8 Å². The minimum atomic E-state index is -0.336. The molecule has 0 aromatic carbocycles. The van der Waals surface area contributed by atoms with Gasteiger partial charge in [0.15, 0.2) is 5.69 Å². The first-order valence-corrected chi connectivity index (χ1v) is 7.61. The first-order valence-electron chi connectivity index (χ1n) is 7.61. The summed E-state index contributed by atoms with van der Waals surface area (Å²) in [5, 5.41) is 2.88. The van der Waals surface area contributed by atoms with Gasteiger partial charge in [-0.15, -0.1) is 0 Å². The number of carbonyl (C=O) groups excluding carboxylic acids is 1. The van der Waals surface area contributed by atoms with Gasteiger partial charge in [0.2, 0.25) is 0 Å². The van der Waals surface area contributed by atoms with Gasteiger partial charge < -0.3 is 21.7 Å². The van der Waals surface area contributed by atoms with Crippen molar-refractivity contribution >= 4 is 23.0 Å². The molecule has 3 heterocycles. The molecular weight excluding hydrogens is 292 g/mol. The highest BCUT2D eigenvalue weighted by Gasteiger charge is 2.21. The van der Waals surface area contributed by atoms with Gasteiger partial charge in [-0.3, -0.25) is 9.78 Å². The van der Waals surface area contributed by atoms with E-state index < -0.39 is 0 Å². The average Bonchev–Trinajstić information content (AvgIpc) is 2.55. The number of carbonyl (C=O) groups is 1. The molecule has 5 N–H and O–H groups in total. The van der Waals surface area contributed by atoms with Crippen molar-refractivity contribution in [3.8, 4) is 0 Å². The van der Waals surface area contributed by atoms with Crippen LogP contribution in [-0.4, -0.2) is 35.0 Å². The van der Waals surface area contributed by atoms with Crippen LogP contribution >= 0.6 is 0 Å². The Morgan fingerprint density at radius 1 is 1.35 bits per heavy atom. The van der Waals surface area contributed by atoms with Gasteiger partial charge in [-0.05, 0) is 31.0 Å². The van der Waals surface area contributed by atoms with Crippen LogP contribution in [0.3, 0.4) is 0 Å². The van der Waals surface area contributed by atoms with Gasteiger partial charge in [-0.2, -0.15) is 0 Å². The third-order valence-corrected chi connectivity index (χ3v) is 3.90. The van der Waals surface area contributed by atoms with Crippen molar-refractivity contribution < 1.29 is 4.79 Å². The zero-order valence-electron chi connectivity index (χ0n) is 12.8. The van der Waals surface area contributed by atoms with Gasteiger partial charge in [0.25, 0.3) is 5.91 Å². The van der Waals surface area contributed by atoms with Gasteiger partial charge in [0, 0.05) is 31.5 Å². The van der Waals surface area contributed by atoms with Gasteiger partial charge in [-0.25, -0.2) is 4.98 Å². The van der Waals surface area contributed by atoms with Crippen LogP contribution in [0.1, 0.15) is 23.3 Å². The predicted octanol–water partition coefficient (Wildman–Crippen LogP) is 1.24. The number of nitrogens with zero attached hydrogens (tertiary/aromatic N) is 3. The lowest BCUT2D eigenvalue weighted by Crippen LogP contribution is -2.43. The number of hydrogen-bond donors (Lipinski definition) is 3. The number of hydrogen-bond acceptors (Lipinski definition) is 6. The molecule has 23 heavy (non-hydrogen) atoms. The number of nitrogens with two attached hydrogens (primary N) is 2. The molecule has 1 aliphatic heterocycles. The Hall–Kier alpha value is -2.67. The van der Waals surface area contributed by atoms with Crippen LogP contribution in [0.5, 0.6) is 0 Å². The lowest BCUT2D eigenvalue weighted by atomic mass is 10.1. The second kappa shape index (κ2) is 6.62. The summed E-state index contributed by atoms with van der Waals surface area (Å²) in [6.07, 6.45) is 6.97. The standard InChI is InChI=1S/C16H20N6O/c17-11-3-2-8-22(10-11)14-9-19-7-5-13(14)21-16(23)15-12(18)4-1-6-20-15/h1,4-7,9,11H,2-3,8,10,17-18H2,(H,19,21,23). The molecule has 1 atom stereocenters. The van der Waals surface area contributed by atoms with E-state index in [-0.39, 0.29) is 17.6 Å². The summed E-state index contributed by atoms with van der Waals surface area (Å²) >= 11 is 0.